The smallest absolute Gasteiger partial charge is 0.268 e. The van der Waals surface area contributed by atoms with Crippen LogP contribution in [-0.2, 0) is 29.4 Å². The molecule has 5 rings (SSSR count). The van der Waals surface area contributed by atoms with Crippen molar-refractivity contribution in [2.24, 2.45) is 5.92 Å². The van der Waals surface area contributed by atoms with Crippen LogP contribution in [0.5, 0.6) is 0 Å². The fourth-order valence-corrected chi connectivity index (χ4v) is 5.66. The van der Waals surface area contributed by atoms with E-state index in [2.05, 4.69) is 41.4 Å². The third-order valence-electron chi connectivity index (χ3n) is 6.08. The van der Waals surface area contributed by atoms with Gasteiger partial charge in [0.1, 0.15) is 0 Å². The maximum absolute atomic E-state index is 12.2. The first-order valence-corrected chi connectivity index (χ1v) is 11.3. The lowest BCUT2D eigenvalue weighted by atomic mass is 9.84. The van der Waals surface area contributed by atoms with Crippen LogP contribution < -0.4 is 10.4 Å². The quantitative estimate of drug-likeness (QED) is 0.683. The fourth-order valence-electron chi connectivity index (χ4n) is 4.65. The number of nitrogens with zero attached hydrogens (tertiary/aromatic N) is 1. The average Bonchev–Trinajstić information content (AvgIpc) is 2.73. The van der Waals surface area contributed by atoms with Crippen LogP contribution in [0.4, 0.5) is 0 Å². The van der Waals surface area contributed by atoms with E-state index in [9.17, 15) is 13.0 Å². The highest BCUT2D eigenvalue weighted by Gasteiger charge is 2.34. The minimum atomic E-state index is -4.17. The molecule has 2 aromatic carbocycles. The molecule has 2 unspecified atom stereocenters. The van der Waals surface area contributed by atoms with Gasteiger partial charge in [0.2, 0.25) is 0 Å². The standard InChI is InChI=1S/C24H21NO3S/c26-29(27,28)24-15-18-6-8-21-20-4-2-1-3-17(20)5-7-22(21)23(18)14-19(24)13-16-9-11-25-12-10-16/h1-2,4-12,14,19,24H,3,13,15H2,(H,26,27,28). The summed E-state index contributed by atoms with van der Waals surface area (Å²) in [5.74, 6) is -0.301. The predicted octanol–water partition coefficient (Wildman–Crippen LogP) is 2.58. The number of rotatable bonds is 3. The number of fused-ring (bicyclic) bond motifs is 5. The molecule has 146 valence electrons. The Morgan fingerprint density at radius 1 is 0.966 bits per heavy atom. The van der Waals surface area contributed by atoms with Gasteiger partial charge in [0.25, 0.3) is 10.1 Å². The molecule has 29 heavy (non-hydrogen) atoms. The van der Waals surface area contributed by atoms with Crippen molar-refractivity contribution >= 4 is 33.0 Å². The highest BCUT2D eigenvalue weighted by molar-refractivity contribution is 7.86. The largest absolute Gasteiger partial charge is 0.285 e. The van der Waals surface area contributed by atoms with E-state index in [1.807, 2.05) is 24.3 Å². The first-order valence-electron chi connectivity index (χ1n) is 9.78. The second kappa shape index (κ2) is 6.94. The van der Waals surface area contributed by atoms with Gasteiger partial charge in [-0.1, -0.05) is 48.6 Å². The Bertz CT molecular complexity index is 1360. The number of allylic oxidation sites excluding steroid dienone is 2. The molecule has 0 fully saturated rings. The van der Waals surface area contributed by atoms with E-state index in [1.165, 1.54) is 16.2 Å². The van der Waals surface area contributed by atoms with Crippen molar-refractivity contribution in [3.63, 3.8) is 0 Å². The van der Waals surface area contributed by atoms with Crippen molar-refractivity contribution in [2.75, 3.05) is 0 Å². The zero-order valence-electron chi connectivity index (χ0n) is 15.8. The molecule has 0 radical (unpaired) electrons. The number of hydrogen-bond donors (Lipinski definition) is 1. The molecule has 0 saturated heterocycles. The first kappa shape index (κ1) is 18.3. The summed E-state index contributed by atoms with van der Waals surface area (Å²) >= 11 is 0. The van der Waals surface area contributed by atoms with E-state index >= 15 is 0 Å². The highest BCUT2D eigenvalue weighted by atomic mass is 32.2. The molecule has 5 heteroatoms. The van der Waals surface area contributed by atoms with Crippen LogP contribution in [0.2, 0.25) is 0 Å². The van der Waals surface area contributed by atoms with Gasteiger partial charge < -0.3 is 0 Å². The van der Waals surface area contributed by atoms with Gasteiger partial charge in [0.05, 0.1) is 5.25 Å². The molecule has 2 atom stereocenters. The monoisotopic (exact) mass is 403 g/mol. The molecule has 0 amide bonds. The lowest BCUT2D eigenvalue weighted by Crippen LogP contribution is -2.38. The van der Waals surface area contributed by atoms with E-state index in [0.717, 1.165) is 28.2 Å². The van der Waals surface area contributed by atoms with Gasteiger partial charge in [-0.2, -0.15) is 8.42 Å². The Morgan fingerprint density at radius 3 is 2.45 bits per heavy atom. The summed E-state index contributed by atoms with van der Waals surface area (Å²) in [5.41, 5.74) is 3.28. The normalized spacial score (nSPS) is 20.4. The molecule has 1 aromatic heterocycles. The first-order chi connectivity index (χ1) is 14.0. The zero-order valence-corrected chi connectivity index (χ0v) is 16.6. The van der Waals surface area contributed by atoms with E-state index in [-0.39, 0.29) is 5.92 Å². The van der Waals surface area contributed by atoms with Crippen molar-refractivity contribution in [2.45, 2.75) is 24.5 Å². The molecule has 3 aromatic rings. The van der Waals surface area contributed by atoms with Crippen LogP contribution in [0.15, 0.2) is 60.9 Å². The lowest BCUT2D eigenvalue weighted by molar-refractivity contribution is 0.444. The fraction of sp³-hybridized carbons (Fsp3) is 0.208. The minimum absolute atomic E-state index is 0.301. The summed E-state index contributed by atoms with van der Waals surface area (Å²) in [5, 5.41) is 3.82. The van der Waals surface area contributed by atoms with Gasteiger partial charge in [-0.15, -0.1) is 0 Å². The van der Waals surface area contributed by atoms with Gasteiger partial charge in [0, 0.05) is 18.3 Å². The minimum Gasteiger partial charge on any atom is -0.285 e. The third kappa shape index (κ3) is 3.30. The molecule has 1 heterocycles. The average molecular weight is 404 g/mol. The van der Waals surface area contributed by atoms with Crippen LogP contribution in [0.25, 0.3) is 22.9 Å². The topological polar surface area (TPSA) is 67.3 Å². The maximum Gasteiger partial charge on any atom is 0.268 e. The molecule has 2 aliphatic rings. The number of benzene rings is 2. The Morgan fingerprint density at radius 2 is 1.69 bits per heavy atom. The Labute approximate surface area is 169 Å². The summed E-state index contributed by atoms with van der Waals surface area (Å²) in [6, 6.07) is 12.2. The van der Waals surface area contributed by atoms with Gasteiger partial charge >= 0.3 is 0 Å². The van der Waals surface area contributed by atoms with Crippen LogP contribution in [0.1, 0.15) is 16.7 Å². The number of pyridine rings is 1. The second-order valence-corrected chi connectivity index (χ2v) is 9.45. The van der Waals surface area contributed by atoms with E-state index in [0.29, 0.717) is 12.8 Å². The Kier molecular flexibility index (Phi) is 4.37. The van der Waals surface area contributed by atoms with Crippen molar-refractivity contribution in [1.29, 1.82) is 0 Å². The summed E-state index contributed by atoms with van der Waals surface area (Å²) in [4.78, 5) is 4.04. The van der Waals surface area contributed by atoms with E-state index in [4.69, 9.17) is 0 Å². The summed E-state index contributed by atoms with van der Waals surface area (Å²) in [6.07, 6.45) is 13.6. The van der Waals surface area contributed by atoms with Gasteiger partial charge in [-0.3, -0.25) is 9.54 Å². The molecule has 2 aliphatic carbocycles. The summed E-state index contributed by atoms with van der Waals surface area (Å²) in [7, 11) is -4.17. The van der Waals surface area contributed by atoms with E-state index in [1.54, 1.807) is 12.4 Å². The molecule has 4 nitrogen and oxygen atoms in total. The Balaban J connectivity index is 1.72. The molecule has 0 saturated carbocycles. The lowest BCUT2D eigenvalue weighted by Gasteiger charge is -2.27. The van der Waals surface area contributed by atoms with Crippen LogP contribution in [0, 0.1) is 5.92 Å². The number of hydrogen-bond acceptors (Lipinski definition) is 3. The third-order valence-corrected chi connectivity index (χ3v) is 7.37. The summed E-state index contributed by atoms with van der Waals surface area (Å²) in [6.45, 7) is 0. The van der Waals surface area contributed by atoms with Crippen LogP contribution in [0.3, 0.4) is 0 Å². The SMILES string of the molecule is O=S(=O)(O)C1Cc2ccc3c4c(ccc3c2=CC1Cc1ccncc1)CC=CC=4. The molecule has 1 N–H and O–H groups in total. The van der Waals surface area contributed by atoms with Crippen molar-refractivity contribution < 1.29 is 13.0 Å². The van der Waals surface area contributed by atoms with Crippen molar-refractivity contribution in [1.82, 2.24) is 4.98 Å². The molecule has 0 aliphatic heterocycles. The number of aromatic nitrogens is 1. The predicted molar refractivity (Wildman–Crippen MR) is 115 cm³/mol. The molecule has 0 bridgehead atoms. The summed E-state index contributed by atoms with van der Waals surface area (Å²) < 4.78 is 34.2. The van der Waals surface area contributed by atoms with Crippen LogP contribution >= 0.6 is 0 Å². The maximum atomic E-state index is 12.2. The zero-order chi connectivity index (χ0) is 20.0. The molecular formula is C24H21NO3S. The molecule has 0 spiro atoms. The molecular weight excluding hydrogens is 382 g/mol. The van der Waals surface area contributed by atoms with Gasteiger partial charge in [0.15, 0.2) is 0 Å². The Hall–Kier alpha value is -2.76. The van der Waals surface area contributed by atoms with Crippen molar-refractivity contribution in [3.8, 4) is 0 Å². The van der Waals surface area contributed by atoms with Gasteiger partial charge in [-0.05, 0) is 69.3 Å². The second-order valence-electron chi connectivity index (χ2n) is 7.82. The van der Waals surface area contributed by atoms with Gasteiger partial charge in [-0.25, -0.2) is 0 Å². The van der Waals surface area contributed by atoms with E-state index < -0.39 is 15.4 Å². The van der Waals surface area contributed by atoms with Crippen LogP contribution in [-0.4, -0.2) is 23.2 Å². The van der Waals surface area contributed by atoms with Crippen molar-refractivity contribution in [3.05, 3.63) is 88.1 Å². The highest BCUT2D eigenvalue weighted by Crippen LogP contribution is 2.27.